The van der Waals surface area contributed by atoms with Crippen LogP contribution >= 0.6 is 0 Å². The minimum absolute atomic E-state index is 0.126. The highest BCUT2D eigenvalue weighted by molar-refractivity contribution is 5.98. The van der Waals surface area contributed by atoms with Gasteiger partial charge < -0.3 is 5.32 Å². The molecule has 1 N–H and O–H groups in total. The standard InChI is InChI=1S/C14H18N2O3/c1-10-6-2-4-8-12(10)15-14(17)11-7-3-5-9-13(11)16(18)19/h3,5,7,9-10,12H,2,4,6,8H2,1H3,(H,15,17). The highest BCUT2D eigenvalue weighted by Gasteiger charge is 2.26. The summed E-state index contributed by atoms with van der Waals surface area (Å²) < 4.78 is 0. The molecule has 0 spiro atoms. The molecule has 5 heteroatoms. The number of hydrogen-bond donors (Lipinski definition) is 1. The summed E-state index contributed by atoms with van der Waals surface area (Å²) in [5.74, 6) is 0.0894. The van der Waals surface area contributed by atoms with Crippen molar-refractivity contribution >= 4 is 11.6 Å². The Morgan fingerprint density at radius 2 is 2.00 bits per heavy atom. The molecule has 0 bridgehead atoms. The van der Waals surface area contributed by atoms with Gasteiger partial charge in [0, 0.05) is 12.1 Å². The lowest BCUT2D eigenvalue weighted by Crippen LogP contribution is -2.41. The van der Waals surface area contributed by atoms with Crippen LogP contribution in [-0.4, -0.2) is 16.9 Å². The number of hydrogen-bond acceptors (Lipinski definition) is 3. The predicted molar refractivity (Wildman–Crippen MR) is 72.0 cm³/mol. The van der Waals surface area contributed by atoms with Crippen molar-refractivity contribution in [3.63, 3.8) is 0 Å². The van der Waals surface area contributed by atoms with Gasteiger partial charge in [0.1, 0.15) is 5.56 Å². The summed E-state index contributed by atoms with van der Waals surface area (Å²) in [7, 11) is 0. The van der Waals surface area contributed by atoms with Crippen LogP contribution in [0.2, 0.25) is 0 Å². The van der Waals surface area contributed by atoms with E-state index in [9.17, 15) is 14.9 Å². The molecule has 1 aromatic rings. The minimum Gasteiger partial charge on any atom is -0.349 e. The van der Waals surface area contributed by atoms with Crippen LogP contribution < -0.4 is 5.32 Å². The molecule has 1 saturated carbocycles. The van der Waals surface area contributed by atoms with Crippen LogP contribution in [0.3, 0.4) is 0 Å². The lowest BCUT2D eigenvalue weighted by atomic mass is 9.86. The summed E-state index contributed by atoms with van der Waals surface area (Å²) in [5.41, 5.74) is 0.00809. The number of nitrogens with one attached hydrogen (secondary N) is 1. The molecule has 1 fully saturated rings. The van der Waals surface area contributed by atoms with E-state index in [0.29, 0.717) is 5.92 Å². The molecular formula is C14H18N2O3. The van der Waals surface area contributed by atoms with E-state index in [4.69, 9.17) is 0 Å². The smallest absolute Gasteiger partial charge is 0.282 e. The number of carbonyl (C=O) groups is 1. The molecule has 0 radical (unpaired) electrons. The van der Waals surface area contributed by atoms with Crippen LogP contribution in [0.15, 0.2) is 24.3 Å². The van der Waals surface area contributed by atoms with Crippen LogP contribution in [0.25, 0.3) is 0 Å². The van der Waals surface area contributed by atoms with Crippen molar-refractivity contribution in [3.05, 3.63) is 39.9 Å². The Labute approximate surface area is 112 Å². The molecular weight excluding hydrogens is 244 g/mol. The molecule has 2 atom stereocenters. The fourth-order valence-corrected chi connectivity index (χ4v) is 2.60. The molecule has 0 aromatic heterocycles. The average molecular weight is 262 g/mol. The fraction of sp³-hybridized carbons (Fsp3) is 0.500. The lowest BCUT2D eigenvalue weighted by molar-refractivity contribution is -0.385. The van der Waals surface area contributed by atoms with Crippen molar-refractivity contribution in [2.45, 2.75) is 38.6 Å². The van der Waals surface area contributed by atoms with Gasteiger partial charge in [-0.3, -0.25) is 14.9 Å². The molecule has 2 unspecified atom stereocenters. The molecule has 1 aliphatic rings. The SMILES string of the molecule is CC1CCCCC1NC(=O)c1ccccc1[N+](=O)[O-]. The zero-order valence-corrected chi connectivity index (χ0v) is 11.0. The number of amides is 1. The second-order valence-electron chi connectivity index (χ2n) is 5.12. The molecule has 2 rings (SSSR count). The third-order valence-corrected chi connectivity index (χ3v) is 3.77. The van der Waals surface area contributed by atoms with Crippen LogP contribution in [0.1, 0.15) is 43.0 Å². The fourth-order valence-electron chi connectivity index (χ4n) is 2.60. The first-order valence-electron chi connectivity index (χ1n) is 6.64. The van der Waals surface area contributed by atoms with Gasteiger partial charge in [0.15, 0.2) is 0 Å². The van der Waals surface area contributed by atoms with E-state index in [1.54, 1.807) is 12.1 Å². The van der Waals surface area contributed by atoms with E-state index < -0.39 is 4.92 Å². The van der Waals surface area contributed by atoms with Crippen molar-refractivity contribution in [1.29, 1.82) is 0 Å². The normalized spacial score (nSPS) is 22.8. The highest BCUT2D eigenvalue weighted by atomic mass is 16.6. The molecule has 0 aliphatic heterocycles. The van der Waals surface area contributed by atoms with Crippen LogP contribution in [0.4, 0.5) is 5.69 Å². The third-order valence-electron chi connectivity index (χ3n) is 3.77. The largest absolute Gasteiger partial charge is 0.349 e. The lowest BCUT2D eigenvalue weighted by Gasteiger charge is -2.29. The Kier molecular flexibility index (Phi) is 4.14. The van der Waals surface area contributed by atoms with E-state index >= 15 is 0 Å². The summed E-state index contributed by atoms with van der Waals surface area (Å²) in [6.07, 6.45) is 4.35. The van der Waals surface area contributed by atoms with Gasteiger partial charge in [-0.2, -0.15) is 0 Å². The first-order chi connectivity index (χ1) is 9.09. The monoisotopic (exact) mass is 262 g/mol. The maximum Gasteiger partial charge on any atom is 0.282 e. The van der Waals surface area contributed by atoms with E-state index in [2.05, 4.69) is 12.2 Å². The molecule has 1 amide bonds. The number of nitro groups is 1. The second-order valence-corrected chi connectivity index (χ2v) is 5.12. The Balaban J connectivity index is 2.13. The first kappa shape index (κ1) is 13.5. The Morgan fingerprint density at radius 1 is 1.32 bits per heavy atom. The maximum absolute atomic E-state index is 12.2. The topological polar surface area (TPSA) is 72.2 Å². The summed E-state index contributed by atoms with van der Waals surface area (Å²) >= 11 is 0. The highest BCUT2D eigenvalue weighted by Crippen LogP contribution is 2.25. The van der Waals surface area contributed by atoms with Crippen molar-refractivity contribution in [2.24, 2.45) is 5.92 Å². The van der Waals surface area contributed by atoms with Gasteiger partial charge in [-0.1, -0.05) is 31.9 Å². The van der Waals surface area contributed by atoms with Crippen molar-refractivity contribution in [2.75, 3.05) is 0 Å². The van der Waals surface area contributed by atoms with E-state index in [1.807, 2.05) is 0 Å². The van der Waals surface area contributed by atoms with Gasteiger partial charge in [-0.05, 0) is 24.8 Å². The van der Waals surface area contributed by atoms with Gasteiger partial charge in [-0.15, -0.1) is 0 Å². The van der Waals surface area contributed by atoms with Crippen molar-refractivity contribution in [3.8, 4) is 0 Å². The number of benzene rings is 1. The minimum atomic E-state index is -0.515. The Bertz CT molecular complexity index is 487. The molecule has 0 saturated heterocycles. The molecule has 19 heavy (non-hydrogen) atoms. The number of nitrogens with zero attached hydrogens (tertiary/aromatic N) is 1. The quantitative estimate of drug-likeness (QED) is 0.672. The van der Waals surface area contributed by atoms with E-state index in [-0.39, 0.29) is 23.2 Å². The number of rotatable bonds is 3. The van der Waals surface area contributed by atoms with Gasteiger partial charge in [0.05, 0.1) is 4.92 Å². The molecule has 1 aromatic carbocycles. The van der Waals surface area contributed by atoms with E-state index in [1.165, 1.54) is 18.6 Å². The number of nitro benzene ring substituents is 1. The maximum atomic E-state index is 12.2. The first-order valence-corrected chi connectivity index (χ1v) is 6.64. The Morgan fingerprint density at radius 3 is 2.68 bits per heavy atom. The van der Waals surface area contributed by atoms with Gasteiger partial charge in [0.2, 0.25) is 0 Å². The van der Waals surface area contributed by atoms with Gasteiger partial charge in [0.25, 0.3) is 11.6 Å². The van der Waals surface area contributed by atoms with Crippen LogP contribution in [-0.2, 0) is 0 Å². The molecule has 102 valence electrons. The second kappa shape index (κ2) is 5.82. The average Bonchev–Trinajstić information content (AvgIpc) is 2.41. The summed E-state index contributed by atoms with van der Waals surface area (Å²) in [6, 6.07) is 6.20. The third kappa shape index (κ3) is 3.10. The van der Waals surface area contributed by atoms with Crippen molar-refractivity contribution in [1.82, 2.24) is 5.32 Å². The summed E-state index contributed by atoms with van der Waals surface area (Å²) in [5, 5.41) is 13.8. The molecule has 5 nitrogen and oxygen atoms in total. The van der Waals surface area contributed by atoms with E-state index in [0.717, 1.165) is 19.3 Å². The zero-order chi connectivity index (χ0) is 13.8. The van der Waals surface area contributed by atoms with Gasteiger partial charge >= 0.3 is 0 Å². The summed E-state index contributed by atoms with van der Waals surface area (Å²) in [4.78, 5) is 22.6. The van der Waals surface area contributed by atoms with Gasteiger partial charge in [-0.25, -0.2) is 0 Å². The number of para-hydroxylation sites is 1. The van der Waals surface area contributed by atoms with Crippen molar-refractivity contribution < 1.29 is 9.72 Å². The molecule has 0 heterocycles. The number of carbonyl (C=O) groups excluding carboxylic acids is 1. The Hall–Kier alpha value is -1.91. The predicted octanol–water partition coefficient (Wildman–Crippen LogP) is 2.90. The van der Waals surface area contributed by atoms with Crippen LogP contribution in [0.5, 0.6) is 0 Å². The van der Waals surface area contributed by atoms with Crippen LogP contribution in [0, 0.1) is 16.0 Å². The molecule has 1 aliphatic carbocycles. The summed E-state index contributed by atoms with van der Waals surface area (Å²) in [6.45, 7) is 2.11. The zero-order valence-electron chi connectivity index (χ0n) is 11.0.